The molecule has 0 heterocycles. The summed E-state index contributed by atoms with van der Waals surface area (Å²) in [7, 11) is 0. The van der Waals surface area contributed by atoms with Crippen LogP contribution in [0.25, 0.3) is 0 Å². The van der Waals surface area contributed by atoms with Crippen LogP contribution in [0.15, 0.2) is 24.3 Å². The van der Waals surface area contributed by atoms with Gasteiger partial charge in [0, 0.05) is 17.5 Å². The van der Waals surface area contributed by atoms with E-state index in [-0.39, 0.29) is 0 Å². The maximum Gasteiger partial charge on any atom is 0.416 e. The lowest BCUT2D eigenvalue weighted by atomic mass is 10.0. The van der Waals surface area contributed by atoms with E-state index in [2.05, 4.69) is 10.6 Å². The standard InChI is InChI=1S/C17H23F3N2S2/c18-17(19,20)13-6-4-7-14(12-13)22-16(23)21-10-5-11-24-15-8-2-1-3-9-15/h4,6-7,12,15H,1-3,5,8-11H2,(H2,21,22,23). The molecule has 0 bridgehead atoms. The lowest BCUT2D eigenvalue weighted by molar-refractivity contribution is -0.137. The summed E-state index contributed by atoms with van der Waals surface area (Å²) in [6.07, 6.45) is 3.37. The van der Waals surface area contributed by atoms with Gasteiger partial charge in [-0.25, -0.2) is 0 Å². The number of thioether (sulfide) groups is 1. The van der Waals surface area contributed by atoms with Gasteiger partial charge in [0.15, 0.2) is 5.11 Å². The van der Waals surface area contributed by atoms with Gasteiger partial charge < -0.3 is 10.6 Å². The molecule has 2 nitrogen and oxygen atoms in total. The van der Waals surface area contributed by atoms with Crippen LogP contribution < -0.4 is 10.6 Å². The first-order valence-corrected chi connectivity index (χ1v) is 9.74. The van der Waals surface area contributed by atoms with E-state index in [1.54, 1.807) is 6.07 Å². The molecule has 24 heavy (non-hydrogen) atoms. The van der Waals surface area contributed by atoms with Gasteiger partial charge >= 0.3 is 6.18 Å². The Morgan fingerprint density at radius 1 is 1.21 bits per heavy atom. The molecule has 0 unspecified atom stereocenters. The van der Waals surface area contributed by atoms with Crippen molar-refractivity contribution in [3.05, 3.63) is 29.8 Å². The van der Waals surface area contributed by atoms with Gasteiger partial charge in [-0.2, -0.15) is 24.9 Å². The van der Waals surface area contributed by atoms with Gasteiger partial charge in [-0.15, -0.1) is 0 Å². The number of halogens is 3. The van der Waals surface area contributed by atoms with E-state index in [9.17, 15) is 13.2 Å². The molecule has 1 aliphatic rings. The van der Waals surface area contributed by atoms with Gasteiger partial charge in [-0.1, -0.05) is 25.3 Å². The summed E-state index contributed by atoms with van der Waals surface area (Å²) in [6, 6.07) is 5.05. The average Bonchev–Trinajstić information content (AvgIpc) is 2.55. The molecule has 1 aliphatic carbocycles. The minimum absolute atomic E-state index is 0.346. The fourth-order valence-electron chi connectivity index (χ4n) is 2.70. The van der Waals surface area contributed by atoms with Crippen LogP contribution in [0.3, 0.4) is 0 Å². The zero-order valence-electron chi connectivity index (χ0n) is 13.5. The topological polar surface area (TPSA) is 24.1 Å². The first-order valence-electron chi connectivity index (χ1n) is 8.29. The molecule has 0 amide bonds. The summed E-state index contributed by atoms with van der Waals surface area (Å²) in [4.78, 5) is 0. The van der Waals surface area contributed by atoms with Crippen molar-refractivity contribution in [1.82, 2.24) is 5.32 Å². The fourth-order valence-corrected chi connectivity index (χ4v) is 4.24. The highest BCUT2D eigenvalue weighted by Gasteiger charge is 2.30. The van der Waals surface area contributed by atoms with Crippen molar-refractivity contribution in [2.24, 2.45) is 0 Å². The van der Waals surface area contributed by atoms with E-state index in [0.29, 0.717) is 10.8 Å². The molecule has 2 N–H and O–H groups in total. The number of anilines is 1. The first kappa shape index (κ1) is 19.4. The molecule has 0 saturated heterocycles. The fraction of sp³-hybridized carbons (Fsp3) is 0.588. The Bertz CT molecular complexity index is 529. The number of benzene rings is 1. The summed E-state index contributed by atoms with van der Waals surface area (Å²) in [6.45, 7) is 0.727. The number of thiocarbonyl (C=S) groups is 1. The second-order valence-corrected chi connectivity index (χ2v) is 7.76. The highest BCUT2D eigenvalue weighted by atomic mass is 32.2. The number of rotatable bonds is 6. The Morgan fingerprint density at radius 3 is 2.67 bits per heavy atom. The van der Waals surface area contributed by atoms with Gasteiger partial charge in [-0.3, -0.25) is 0 Å². The van der Waals surface area contributed by atoms with Crippen LogP contribution in [0.5, 0.6) is 0 Å². The van der Waals surface area contributed by atoms with Crippen molar-refractivity contribution < 1.29 is 13.2 Å². The van der Waals surface area contributed by atoms with E-state index in [4.69, 9.17) is 12.2 Å². The molecule has 1 aromatic rings. The van der Waals surface area contributed by atoms with E-state index >= 15 is 0 Å². The molecule has 0 radical (unpaired) electrons. The average molecular weight is 377 g/mol. The van der Waals surface area contributed by atoms with E-state index < -0.39 is 11.7 Å². The summed E-state index contributed by atoms with van der Waals surface area (Å²) < 4.78 is 38.0. The van der Waals surface area contributed by atoms with Crippen molar-refractivity contribution in [3.63, 3.8) is 0 Å². The Kier molecular flexibility index (Phi) is 7.68. The normalized spacial score (nSPS) is 16.0. The highest BCUT2D eigenvalue weighted by Crippen LogP contribution is 2.30. The predicted molar refractivity (Wildman–Crippen MR) is 99.6 cm³/mol. The van der Waals surface area contributed by atoms with E-state index in [1.807, 2.05) is 11.8 Å². The highest BCUT2D eigenvalue weighted by molar-refractivity contribution is 7.99. The van der Waals surface area contributed by atoms with Crippen molar-refractivity contribution in [3.8, 4) is 0 Å². The van der Waals surface area contributed by atoms with Crippen molar-refractivity contribution >= 4 is 34.8 Å². The molecule has 1 saturated carbocycles. The molecule has 1 aromatic carbocycles. The van der Waals surface area contributed by atoms with Crippen LogP contribution >= 0.6 is 24.0 Å². The number of alkyl halides is 3. The zero-order chi connectivity index (χ0) is 17.4. The molecule has 0 atom stereocenters. The summed E-state index contributed by atoms with van der Waals surface area (Å²) in [5.41, 5.74) is -0.335. The Morgan fingerprint density at radius 2 is 1.96 bits per heavy atom. The molecule has 2 rings (SSSR count). The van der Waals surface area contributed by atoms with Gasteiger partial charge in [0.05, 0.1) is 5.56 Å². The third-order valence-corrected chi connectivity index (χ3v) is 5.67. The largest absolute Gasteiger partial charge is 0.416 e. The molecule has 1 fully saturated rings. The second kappa shape index (κ2) is 9.51. The number of hydrogen-bond donors (Lipinski definition) is 2. The molecular weight excluding hydrogens is 353 g/mol. The van der Waals surface area contributed by atoms with E-state index in [1.165, 1.54) is 38.2 Å². The molecule has 134 valence electrons. The maximum absolute atomic E-state index is 12.7. The smallest absolute Gasteiger partial charge is 0.362 e. The molecule has 0 aliphatic heterocycles. The van der Waals surface area contributed by atoms with Crippen molar-refractivity contribution in [1.29, 1.82) is 0 Å². The Balaban J connectivity index is 1.64. The number of hydrogen-bond acceptors (Lipinski definition) is 2. The van der Waals surface area contributed by atoms with Crippen LogP contribution in [-0.2, 0) is 6.18 Å². The quantitative estimate of drug-likeness (QED) is 0.509. The number of nitrogens with one attached hydrogen (secondary N) is 2. The summed E-state index contributed by atoms with van der Waals surface area (Å²) >= 11 is 7.17. The summed E-state index contributed by atoms with van der Waals surface area (Å²) in [5.74, 6) is 1.09. The van der Waals surface area contributed by atoms with Crippen molar-refractivity contribution in [2.75, 3.05) is 17.6 Å². The summed E-state index contributed by atoms with van der Waals surface area (Å²) in [5, 5.41) is 7.02. The van der Waals surface area contributed by atoms with Gasteiger partial charge in [0.1, 0.15) is 0 Å². The molecule has 0 aromatic heterocycles. The lowest BCUT2D eigenvalue weighted by Crippen LogP contribution is -2.29. The second-order valence-electron chi connectivity index (χ2n) is 5.94. The first-order chi connectivity index (χ1) is 11.4. The van der Waals surface area contributed by atoms with Crippen LogP contribution in [0, 0.1) is 0 Å². The maximum atomic E-state index is 12.7. The van der Waals surface area contributed by atoms with Crippen LogP contribution in [0.2, 0.25) is 0 Å². The van der Waals surface area contributed by atoms with E-state index in [0.717, 1.165) is 36.1 Å². The molecule has 7 heteroatoms. The molecular formula is C17H23F3N2S2. The van der Waals surface area contributed by atoms with Crippen LogP contribution in [-0.4, -0.2) is 22.7 Å². The lowest BCUT2D eigenvalue weighted by Gasteiger charge is -2.20. The monoisotopic (exact) mass is 376 g/mol. The SMILES string of the molecule is FC(F)(F)c1cccc(NC(=S)NCCCSC2CCCCC2)c1. The van der Waals surface area contributed by atoms with Gasteiger partial charge in [0.25, 0.3) is 0 Å². The Hall–Kier alpha value is -0.950. The van der Waals surface area contributed by atoms with Crippen molar-refractivity contribution in [2.45, 2.75) is 50.0 Å². The predicted octanol–water partition coefficient (Wildman–Crippen LogP) is 5.45. The minimum Gasteiger partial charge on any atom is -0.362 e. The third kappa shape index (κ3) is 6.89. The minimum atomic E-state index is -4.34. The zero-order valence-corrected chi connectivity index (χ0v) is 15.1. The molecule has 0 spiro atoms. The van der Waals surface area contributed by atoms with Crippen LogP contribution in [0.4, 0.5) is 18.9 Å². The van der Waals surface area contributed by atoms with Gasteiger partial charge in [-0.05, 0) is 55.4 Å². The Labute approximate surface area is 151 Å². The van der Waals surface area contributed by atoms with Crippen LogP contribution in [0.1, 0.15) is 44.1 Å². The third-order valence-electron chi connectivity index (χ3n) is 3.96. The van der Waals surface area contributed by atoms with Gasteiger partial charge in [0.2, 0.25) is 0 Å².